The van der Waals surface area contributed by atoms with Crippen LogP contribution in [0.4, 0.5) is 4.79 Å². The van der Waals surface area contributed by atoms with Crippen molar-refractivity contribution in [1.82, 2.24) is 15.1 Å². The molecule has 0 bridgehead atoms. The Hall–Kier alpha value is -1.75. The maximum atomic E-state index is 11.3. The van der Waals surface area contributed by atoms with Gasteiger partial charge in [-0.15, -0.1) is 0 Å². The molecule has 0 aliphatic carbocycles. The fourth-order valence-electron chi connectivity index (χ4n) is 1.28. The van der Waals surface area contributed by atoms with Gasteiger partial charge in [-0.2, -0.15) is 0 Å². The van der Waals surface area contributed by atoms with Crippen LogP contribution in [0.15, 0.2) is 24.3 Å². The maximum absolute atomic E-state index is 11.3. The number of nitrogens with zero attached hydrogens (tertiary/aromatic N) is 2. The molecule has 1 N–H and O–H groups in total. The van der Waals surface area contributed by atoms with Crippen molar-refractivity contribution in [1.29, 1.82) is 0 Å². The van der Waals surface area contributed by atoms with Crippen LogP contribution in [-0.2, 0) is 11.3 Å². The lowest BCUT2D eigenvalue weighted by Crippen LogP contribution is -2.41. The van der Waals surface area contributed by atoms with Gasteiger partial charge < -0.3 is 15.1 Å². The molecule has 1 aromatic rings. The van der Waals surface area contributed by atoms with Gasteiger partial charge in [-0.3, -0.25) is 4.79 Å². The van der Waals surface area contributed by atoms with E-state index in [1.807, 2.05) is 12.1 Å². The number of amides is 3. The summed E-state index contributed by atoms with van der Waals surface area (Å²) in [5.41, 5.74) is 0.950. The number of nitrogens with one attached hydrogen (secondary N) is 1. The fourth-order valence-corrected chi connectivity index (χ4v) is 1.41. The molecule has 18 heavy (non-hydrogen) atoms. The van der Waals surface area contributed by atoms with Crippen LogP contribution in [0.1, 0.15) is 5.56 Å². The summed E-state index contributed by atoms with van der Waals surface area (Å²) >= 11 is 5.77. The van der Waals surface area contributed by atoms with Gasteiger partial charge in [0.25, 0.3) is 0 Å². The Morgan fingerprint density at radius 1 is 1.33 bits per heavy atom. The lowest BCUT2D eigenvalue weighted by molar-refractivity contribution is -0.118. The molecule has 0 saturated heterocycles. The molecule has 5 nitrogen and oxygen atoms in total. The monoisotopic (exact) mass is 269 g/mol. The van der Waals surface area contributed by atoms with Gasteiger partial charge in [0.2, 0.25) is 6.41 Å². The first-order valence-corrected chi connectivity index (χ1v) is 5.79. The second-order valence-electron chi connectivity index (χ2n) is 4.01. The molecule has 0 spiro atoms. The molecule has 0 radical (unpaired) electrons. The lowest BCUT2D eigenvalue weighted by atomic mass is 10.2. The van der Waals surface area contributed by atoms with Crippen molar-refractivity contribution < 1.29 is 9.59 Å². The Balaban J connectivity index is 2.49. The molecule has 1 aromatic carbocycles. The van der Waals surface area contributed by atoms with Crippen LogP contribution < -0.4 is 5.32 Å². The van der Waals surface area contributed by atoms with E-state index in [1.54, 1.807) is 26.2 Å². The summed E-state index contributed by atoms with van der Waals surface area (Å²) in [5.74, 6) is 0. The lowest BCUT2D eigenvalue weighted by Gasteiger charge is -2.20. The number of urea groups is 1. The van der Waals surface area contributed by atoms with Crippen LogP contribution in [0.5, 0.6) is 0 Å². The molecule has 0 fully saturated rings. The standard InChI is InChI=1S/C12H16ClN3O2/c1-15(2)12(18)14-8-16(9-17)7-10-3-5-11(13)6-4-10/h3-6,9H,7-8H2,1-2H3,(H,14,18). The highest BCUT2D eigenvalue weighted by Gasteiger charge is 2.06. The summed E-state index contributed by atoms with van der Waals surface area (Å²) in [6.07, 6.45) is 0.699. The van der Waals surface area contributed by atoms with Crippen molar-refractivity contribution in [2.45, 2.75) is 6.54 Å². The third kappa shape index (κ3) is 4.63. The highest BCUT2D eigenvalue weighted by atomic mass is 35.5. The third-order valence-corrected chi connectivity index (χ3v) is 2.54. The molecule has 0 atom stereocenters. The summed E-state index contributed by atoms with van der Waals surface area (Å²) in [4.78, 5) is 25.1. The van der Waals surface area contributed by atoms with Crippen molar-refractivity contribution in [3.63, 3.8) is 0 Å². The van der Waals surface area contributed by atoms with Crippen LogP contribution in [0.25, 0.3) is 0 Å². The van der Waals surface area contributed by atoms with Gasteiger partial charge in [0.05, 0.1) is 6.67 Å². The molecule has 0 heterocycles. The van der Waals surface area contributed by atoms with Crippen LogP contribution in [0, 0.1) is 0 Å². The van der Waals surface area contributed by atoms with Gasteiger partial charge >= 0.3 is 6.03 Å². The van der Waals surface area contributed by atoms with E-state index in [2.05, 4.69) is 5.32 Å². The predicted octanol–water partition coefficient (Wildman–Crippen LogP) is 1.53. The average molecular weight is 270 g/mol. The van der Waals surface area contributed by atoms with E-state index in [0.29, 0.717) is 18.0 Å². The van der Waals surface area contributed by atoms with Crippen molar-refractivity contribution >= 4 is 24.0 Å². The van der Waals surface area contributed by atoms with Gasteiger partial charge in [0, 0.05) is 25.7 Å². The number of benzene rings is 1. The zero-order chi connectivity index (χ0) is 13.5. The fraction of sp³-hybridized carbons (Fsp3) is 0.333. The quantitative estimate of drug-likeness (QED) is 0.651. The summed E-state index contributed by atoms with van der Waals surface area (Å²) in [6.45, 7) is 0.595. The third-order valence-electron chi connectivity index (χ3n) is 2.29. The average Bonchev–Trinajstić information content (AvgIpc) is 2.36. The molecular formula is C12H16ClN3O2. The number of carbonyl (C=O) groups excluding carboxylic acids is 2. The minimum absolute atomic E-state index is 0.170. The zero-order valence-corrected chi connectivity index (χ0v) is 11.1. The molecule has 0 aromatic heterocycles. The Kier molecular flexibility index (Phi) is 5.45. The summed E-state index contributed by atoms with van der Waals surface area (Å²) in [5, 5.41) is 3.27. The van der Waals surface area contributed by atoms with Crippen molar-refractivity contribution in [2.24, 2.45) is 0 Å². The molecular weight excluding hydrogens is 254 g/mol. The van der Waals surface area contributed by atoms with Crippen molar-refractivity contribution in [3.8, 4) is 0 Å². The molecule has 98 valence electrons. The van der Waals surface area contributed by atoms with Crippen LogP contribution in [0.2, 0.25) is 5.02 Å². The number of hydrogen-bond acceptors (Lipinski definition) is 2. The van der Waals surface area contributed by atoms with E-state index >= 15 is 0 Å². The molecule has 6 heteroatoms. The van der Waals surface area contributed by atoms with E-state index < -0.39 is 0 Å². The first-order chi connectivity index (χ1) is 8.52. The van der Waals surface area contributed by atoms with Crippen LogP contribution in [-0.4, -0.2) is 43.0 Å². The zero-order valence-electron chi connectivity index (χ0n) is 10.4. The summed E-state index contributed by atoms with van der Waals surface area (Å²) in [6, 6.07) is 6.97. The largest absolute Gasteiger partial charge is 0.331 e. The van der Waals surface area contributed by atoms with Gasteiger partial charge in [-0.05, 0) is 17.7 Å². The Labute approximate surface area is 111 Å². The second kappa shape index (κ2) is 6.86. The first kappa shape index (κ1) is 14.3. The Bertz CT molecular complexity index is 406. The molecule has 0 aliphatic heterocycles. The van der Waals surface area contributed by atoms with Crippen LogP contribution >= 0.6 is 11.6 Å². The van der Waals surface area contributed by atoms with E-state index in [4.69, 9.17) is 11.6 Å². The number of hydrogen-bond donors (Lipinski definition) is 1. The molecule has 3 amide bonds. The van der Waals surface area contributed by atoms with Crippen molar-refractivity contribution in [3.05, 3.63) is 34.9 Å². The highest BCUT2D eigenvalue weighted by Crippen LogP contribution is 2.10. The summed E-state index contributed by atoms with van der Waals surface area (Å²) in [7, 11) is 3.28. The molecule has 0 aliphatic rings. The van der Waals surface area contributed by atoms with E-state index in [1.165, 1.54) is 9.80 Å². The molecule has 0 saturated carbocycles. The predicted molar refractivity (Wildman–Crippen MR) is 70.1 cm³/mol. The van der Waals surface area contributed by atoms with E-state index in [-0.39, 0.29) is 12.7 Å². The Morgan fingerprint density at radius 2 is 1.94 bits per heavy atom. The maximum Gasteiger partial charge on any atom is 0.318 e. The van der Waals surface area contributed by atoms with Gasteiger partial charge in [-0.1, -0.05) is 23.7 Å². The molecule has 0 unspecified atom stereocenters. The van der Waals surface area contributed by atoms with Gasteiger partial charge in [0.15, 0.2) is 0 Å². The van der Waals surface area contributed by atoms with Crippen molar-refractivity contribution in [2.75, 3.05) is 20.8 Å². The normalized spacial score (nSPS) is 9.72. The number of rotatable bonds is 5. The summed E-state index contributed by atoms with van der Waals surface area (Å²) < 4.78 is 0. The molecule has 1 rings (SSSR count). The minimum atomic E-state index is -0.238. The SMILES string of the molecule is CN(C)C(=O)NCN(C=O)Cc1ccc(Cl)cc1. The van der Waals surface area contributed by atoms with Gasteiger partial charge in [0.1, 0.15) is 0 Å². The van der Waals surface area contributed by atoms with E-state index in [0.717, 1.165) is 5.56 Å². The van der Waals surface area contributed by atoms with Crippen LogP contribution in [0.3, 0.4) is 0 Å². The first-order valence-electron chi connectivity index (χ1n) is 5.42. The number of halogens is 1. The van der Waals surface area contributed by atoms with Gasteiger partial charge in [-0.25, -0.2) is 4.79 Å². The number of carbonyl (C=O) groups is 2. The topological polar surface area (TPSA) is 52.7 Å². The highest BCUT2D eigenvalue weighted by molar-refractivity contribution is 6.30. The smallest absolute Gasteiger partial charge is 0.318 e. The van der Waals surface area contributed by atoms with E-state index in [9.17, 15) is 9.59 Å². The second-order valence-corrected chi connectivity index (χ2v) is 4.45. The minimum Gasteiger partial charge on any atom is -0.331 e. The Morgan fingerprint density at radius 3 is 2.44 bits per heavy atom.